The number of benzene rings is 1. The van der Waals surface area contributed by atoms with Crippen molar-refractivity contribution in [2.75, 3.05) is 19.7 Å². The van der Waals surface area contributed by atoms with E-state index in [4.69, 9.17) is 4.43 Å². The lowest BCUT2D eigenvalue weighted by Crippen LogP contribution is -2.44. The van der Waals surface area contributed by atoms with Crippen LogP contribution in [-0.2, 0) is 11.0 Å². The zero-order chi connectivity index (χ0) is 26.2. The Morgan fingerprint density at radius 3 is 2.37 bits per heavy atom. The lowest BCUT2D eigenvalue weighted by molar-refractivity contribution is 0.136. The lowest BCUT2D eigenvalue weighted by atomic mass is 9.94. The predicted octanol–water partition coefficient (Wildman–Crippen LogP) is 7.05. The number of hydrogen-bond acceptors (Lipinski definition) is 4. The van der Waals surface area contributed by atoms with Crippen molar-refractivity contribution < 1.29 is 14.3 Å². The van der Waals surface area contributed by atoms with Gasteiger partial charge in [-0.3, -0.25) is 4.79 Å². The summed E-state index contributed by atoms with van der Waals surface area (Å²) in [5.41, 5.74) is -0.199. The van der Waals surface area contributed by atoms with Crippen LogP contribution in [0.1, 0.15) is 47.5 Å². The maximum atomic E-state index is 13.5. The smallest absolute Gasteiger partial charge is 0.407 e. The first kappa shape index (κ1) is 28.3. The Balaban J connectivity index is 1.88. The van der Waals surface area contributed by atoms with Crippen molar-refractivity contribution in [1.29, 1.82) is 0 Å². The largest absolute Gasteiger partial charge is 0.465 e. The van der Waals surface area contributed by atoms with E-state index in [0.29, 0.717) is 36.9 Å². The molecule has 1 fully saturated rings. The van der Waals surface area contributed by atoms with E-state index in [1.165, 1.54) is 4.90 Å². The van der Waals surface area contributed by atoms with Gasteiger partial charge in [0.25, 0.3) is 5.56 Å². The molecule has 1 aromatic heterocycles. The molecular weight excluding hydrogens is 544 g/mol. The normalized spacial score (nSPS) is 16.2. The molecule has 6 nitrogen and oxygen atoms in total. The molecule has 1 saturated heterocycles. The fourth-order valence-electron chi connectivity index (χ4n) is 3.99. The number of fused-ring (bicyclic) bond motifs is 1. The van der Waals surface area contributed by atoms with Crippen molar-refractivity contribution in [3.05, 3.63) is 39.2 Å². The van der Waals surface area contributed by atoms with Gasteiger partial charge in [0, 0.05) is 63.2 Å². The van der Waals surface area contributed by atoms with E-state index < -0.39 is 14.4 Å². The first-order chi connectivity index (χ1) is 16.1. The number of halogens is 1. The molecule has 35 heavy (non-hydrogen) atoms. The van der Waals surface area contributed by atoms with Crippen LogP contribution in [0.4, 0.5) is 4.79 Å². The molecule has 0 radical (unpaired) electrons. The number of piperidine rings is 1. The van der Waals surface area contributed by atoms with Gasteiger partial charge in [0.05, 0.1) is 0 Å². The van der Waals surface area contributed by atoms with Crippen LogP contribution in [0.2, 0.25) is 18.1 Å². The summed E-state index contributed by atoms with van der Waals surface area (Å²) in [4.78, 5) is 27.3. The molecule has 0 spiro atoms. The summed E-state index contributed by atoms with van der Waals surface area (Å²) in [6.07, 6.45) is 2.76. The Hall–Kier alpha value is -1.29. The molecule has 1 aliphatic rings. The highest BCUT2D eigenvalue weighted by Crippen LogP contribution is 2.38. The fourth-order valence-corrected chi connectivity index (χ4v) is 6.82. The van der Waals surface area contributed by atoms with Crippen LogP contribution >= 0.6 is 27.7 Å². The van der Waals surface area contributed by atoms with Crippen molar-refractivity contribution >= 4 is 52.9 Å². The minimum absolute atomic E-state index is 0.0120. The predicted molar refractivity (Wildman–Crippen MR) is 151 cm³/mol. The molecular formula is C26H39BrN2O4SSi. The number of carboxylic acid groups (broad SMARTS) is 1. The van der Waals surface area contributed by atoms with E-state index in [0.717, 1.165) is 27.6 Å². The Kier molecular flexibility index (Phi) is 8.56. The molecule has 2 aromatic rings. The van der Waals surface area contributed by atoms with Crippen molar-refractivity contribution in [2.45, 2.75) is 82.3 Å². The van der Waals surface area contributed by atoms with Gasteiger partial charge in [0.1, 0.15) is 0 Å². The molecule has 0 aliphatic carbocycles. The molecule has 1 N–H and O–H groups in total. The third-order valence-electron chi connectivity index (χ3n) is 7.25. The van der Waals surface area contributed by atoms with Gasteiger partial charge in [-0.25, -0.2) is 4.79 Å². The van der Waals surface area contributed by atoms with E-state index in [-0.39, 0.29) is 16.0 Å². The van der Waals surface area contributed by atoms with E-state index in [1.54, 1.807) is 11.8 Å². The van der Waals surface area contributed by atoms with Gasteiger partial charge in [-0.2, -0.15) is 0 Å². The average Bonchev–Trinajstić information content (AvgIpc) is 2.75. The summed E-state index contributed by atoms with van der Waals surface area (Å²) in [5.74, 6) is 0. The molecule has 0 saturated carbocycles. The zero-order valence-electron chi connectivity index (χ0n) is 22.0. The molecule has 0 bridgehead atoms. The number of nitrogens with zero attached hydrogens (tertiary/aromatic N) is 2. The highest BCUT2D eigenvalue weighted by molar-refractivity contribution is 9.10. The monoisotopic (exact) mass is 582 g/mol. The Morgan fingerprint density at radius 1 is 1.17 bits per heavy atom. The number of pyridine rings is 1. The van der Waals surface area contributed by atoms with Crippen molar-refractivity contribution in [3.63, 3.8) is 0 Å². The number of aromatic nitrogens is 1. The van der Waals surface area contributed by atoms with Gasteiger partial charge < -0.3 is 19.0 Å². The summed E-state index contributed by atoms with van der Waals surface area (Å²) >= 11 is 5.32. The summed E-state index contributed by atoms with van der Waals surface area (Å²) in [5, 5.41) is 11.4. The van der Waals surface area contributed by atoms with E-state index in [2.05, 4.69) is 63.6 Å². The van der Waals surface area contributed by atoms with Gasteiger partial charge in [-0.1, -0.05) is 50.5 Å². The highest BCUT2D eigenvalue weighted by atomic mass is 79.9. The van der Waals surface area contributed by atoms with E-state index in [9.17, 15) is 14.7 Å². The second kappa shape index (κ2) is 10.6. The van der Waals surface area contributed by atoms with Gasteiger partial charge in [-0.05, 0) is 49.2 Å². The molecule has 194 valence electrons. The van der Waals surface area contributed by atoms with Crippen LogP contribution in [0.25, 0.3) is 10.8 Å². The van der Waals surface area contributed by atoms with Gasteiger partial charge in [0.2, 0.25) is 0 Å². The SMILES string of the molecule is CC(C)(CO[Si](C)(C)C(C)(C)C)Cn1cc(SC2CCN(C(=O)O)CC2)c2cc(Br)ccc2c1=O. The van der Waals surface area contributed by atoms with E-state index >= 15 is 0 Å². The van der Waals surface area contributed by atoms with Gasteiger partial charge >= 0.3 is 6.09 Å². The minimum Gasteiger partial charge on any atom is -0.465 e. The molecule has 1 aliphatic heterocycles. The van der Waals surface area contributed by atoms with E-state index in [1.807, 2.05) is 29.0 Å². The fraction of sp³-hybridized carbons (Fsp3) is 0.615. The van der Waals surface area contributed by atoms with Crippen molar-refractivity contribution in [3.8, 4) is 0 Å². The second-order valence-corrected chi connectivity index (χ2v) is 19.0. The summed E-state index contributed by atoms with van der Waals surface area (Å²) < 4.78 is 9.30. The molecule has 1 aromatic carbocycles. The third-order valence-corrected chi connectivity index (χ3v) is 13.6. The summed E-state index contributed by atoms with van der Waals surface area (Å²) in [7, 11) is -1.89. The number of carbonyl (C=O) groups is 1. The third kappa shape index (κ3) is 6.93. The van der Waals surface area contributed by atoms with Crippen LogP contribution in [0.15, 0.2) is 38.6 Å². The van der Waals surface area contributed by atoms with Gasteiger partial charge in [0.15, 0.2) is 8.32 Å². The van der Waals surface area contributed by atoms with Crippen LogP contribution in [0.5, 0.6) is 0 Å². The molecule has 0 unspecified atom stereocenters. The summed E-state index contributed by atoms with van der Waals surface area (Å²) in [6.45, 7) is 17.8. The Labute approximate surface area is 222 Å². The van der Waals surface area contributed by atoms with Crippen LogP contribution < -0.4 is 5.56 Å². The Bertz CT molecular complexity index is 1130. The molecule has 1 amide bonds. The molecule has 2 heterocycles. The number of hydrogen-bond donors (Lipinski definition) is 1. The summed E-state index contributed by atoms with van der Waals surface area (Å²) in [6, 6.07) is 5.83. The average molecular weight is 584 g/mol. The first-order valence-electron chi connectivity index (χ1n) is 12.2. The topological polar surface area (TPSA) is 71.8 Å². The highest BCUT2D eigenvalue weighted by Gasteiger charge is 2.38. The molecule has 0 atom stereocenters. The van der Waals surface area contributed by atoms with Gasteiger partial charge in [-0.15, -0.1) is 11.8 Å². The second-order valence-electron chi connectivity index (χ2n) is 11.9. The van der Waals surface area contributed by atoms with Crippen molar-refractivity contribution in [2.24, 2.45) is 5.41 Å². The molecule has 3 rings (SSSR count). The van der Waals surface area contributed by atoms with Crippen LogP contribution in [0, 0.1) is 5.41 Å². The lowest BCUT2D eigenvalue weighted by Gasteiger charge is -2.39. The van der Waals surface area contributed by atoms with Crippen LogP contribution in [0.3, 0.4) is 0 Å². The number of thioether (sulfide) groups is 1. The first-order valence-corrected chi connectivity index (χ1v) is 16.8. The zero-order valence-corrected chi connectivity index (χ0v) is 25.4. The maximum absolute atomic E-state index is 13.5. The Morgan fingerprint density at radius 2 is 1.80 bits per heavy atom. The standard InChI is InChI=1S/C26H39BrN2O4SSi/c1-25(2,3)35(6,7)33-17-26(4,5)16-29-15-22(21-14-18(27)8-9-20(21)23(29)30)34-19-10-12-28(13-11-19)24(31)32/h8-9,14-15,19H,10-13,16-17H2,1-7H3,(H,31,32). The molecule has 9 heteroatoms. The number of likely N-dealkylation sites (tertiary alicyclic amines) is 1. The minimum atomic E-state index is -1.89. The van der Waals surface area contributed by atoms with Crippen molar-refractivity contribution in [1.82, 2.24) is 9.47 Å². The van der Waals surface area contributed by atoms with Crippen LogP contribution in [-0.4, -0.2) is 53.9 Å². The quantitative estimate of drug-likeness (QED) is 0.354. The number of rotatable bonds is 7. The maximum Gasteiger partial charge on any atom is 0.407 e. The number of amides is 1.